The van der Waals surface area contributed by atoms with Gasteiger partial charge in [0.1, 0.15) is 10.0 Å². The molecule has 0 aliphatic heterocycles. The third kappa shape index (κ3) is 4.35. The minimum absolute atomic E-state index is 0.0180. The lowest BCUT2D eigenvalue weighted by atomic mass is 10.3. The van der Waals surface area contributed by atoms with Crippen molar-refractivity contribution in [3.8, 4) is 11.8 Å². The van der Waals surface area contributed by atoms with E-state index in [-0.39, 0.29) is 21.8 Å². The molecular weight excluding hydrogens is 384 g/mol. The van der Waals surface area contributed by atoms with Gasteiger partial charge in [-0.3, -0.25) is 0 Å². The zero-order valence-electron chi connectivity index (χ0n) is 13.1. The summed E-state index contributed by atoms with van der Waals surface area (Å²) in [6, 6.07) is 0.165. The average Bonchev–Trinajstić information content (AvgIpc) is 2.82. The highest BCUT2D eigenvalue weighted by Crippen LogP contribution is 2.36. The van der Waals surface area contributed by atoms with Crippen LogP contribution in [-0.2, 0) is 6.18 Å². The van der Waals surface area contributed by atoms with Crippen LogP contribution in [0.2, 0.25) is 10.0 Å². The first-order chi connectivity index (χ1) is 11.6. The van der Waals surface area contributed by atoms with Gasteiger partial charge in [-0.15, -0.1) is 5.10 Å². The van der Waals surface area contributed by atoms with Gasteiger partial charge in [-0.2, -0.15) is 17.9 Å². The maximum atomic E-state index is 12.6. The fraction of sp³-hybridized carbons (Fsp3) is 0.357. The molecule has 0 atom stereocenters. The molecule has 136 valence electrons. The van der Waals surface area contributed by atoms with E-state index in [2.05, 4.69) is 15.4 Å². The molecule has 0 aliphatic rings. The maximum Gasteiger partial charge on any atom is 0.417 e. The Kier molecular flexibility index (Phi) is 5.79. The monoisotopic (exact) mass is 396 g/mol. The number of nitrogens with zero attached hydrogens (tertiary/aromatic N) is 3. The molecular formula is C14H13Cl2F3N4O2. The Balaban J connectivity index is 2.28. The van der Waals surface area contributed by atoms with Gasteiger partial charge in [0.15, 0.2) is 0 Å². The van der Waals surface area contributed by atoms with Crippen LogP contribution in [0.15, 0.2) is 12.3 Å². The standard InChI is InChI=1S/C14H13Cl2F3N4O2/c1-3-4-20-13(24)23-7(2)10(16)12(22-23)25-11-9(15)5-8(6-21-11)14(17,18)19/h5-6H,3-4H2,1-2H3,(H,20,24). The molecule has 0 bridgehead atoms. The zero-order valence-corrected chi connectivity index (χ0v) is 14.6. The Hall–Kier alpha value is -2.00. The van der Waals surface area contributed by atoms with Crippen molar-refractivity contribution < 1.29 is 22.7 Å². The van der Waals surface area contributed by atoms with E-state index in [1.807, 2.05) is 6.92 Å². The maximum absolute atomic E-state index is 12.6. The van der Waals surface area contributed by atoms with Crippen molar-refractivity contribution in [3.05, 3.63) is 33.6 Å². The second kappa shape index (κ2) is 7.49. The summed E-state index contributed by atoms with van der Waals surface area (Å²) in [5.74, 6) is -0.504. The number of aromatic nitrogens is 3. The largest absolute Gasteiger partial charge is 0.417 e. The van der Waals surface area contributed by atoms with Gasteiger partial charge in [-0.1, -0.05) is 30.1 Å². The Morgan fingerprint density at radius 3 is 2.60 bits per heavy atom. The molecule has 11 heteroatoms. The summed E-state index contributed by atoms with van der Waals surface area (Å²) >= 11 is 11.8. The Bertz CT molecular complexity index is 793. The van der Waals surface area contributed by atoms with E-state index in [1.165, 1.54) is 6.92 Å². The van der Waals surface area contributed by atoms with Crippen LogP contribution >= 0.6 is 23.2 Å². The van der Waals surface area contributed by atoms with Crippen LogP contribution in [0.1, 0.15) is 24.6 Å². The highest BCUT2D eigenvalue weighted by Gasteiger charge is 2.32. The first kappa shape index (κ1) is 19.3. The number of pyridine rings is 1. The summed E-state index contributed by atoms with van der Waals surface area (Å²) in [4.78, 5) is 15.5. The lowest BCUT2D eigenvalue weighted by Gasteiger charge is -2.08. The third-order valence-corrected chi connectivity index (χ3v) is 3.77. The molecule has 0 spiro atoms. The van der Waals surface area contributed by atoms with E-state index in [0.29, 0.717) is 24.5 Å². The number of carbonyl (C=O) groups is 1. The van der Waals surface area contributed by atoms with Crippen molar-refractivity contribution in [1.29, 1.82) is 0 Å². The van der Waals surface area contributed by atoms with Crippen molar-refractivity contribution in [2.45, 2.75) is 26.4 Å². The fourth-order valence-corrected chi connectivity index (χ4v) is 2.14. The number of halogens is 5. The summed E-state index contributed by atoms with van der Waals surface area (Å²) < 4.78 is 44.1. The minimum Gasteiger partial charge on any atom is -0.416 e. The van der Waals surface area contributed by atoms with Crippen LogP contribution in [0.3, 0.4) is 0 Å². The molecule has 1 amide bonds. The molecule has 2 aromatic rings. The first-order valence-corrected chi connectivity index (χ1v) is 7.84. The van der Waals surface area contributed by atoms with Gasteiger partial charge in [-0.05, 0) is 19.4 Å². The normalized spacial score (nSPS) is 11.5. The van der Waals surface area contributed by atoms with E-state index < -0.39 is 17.8 Å². The topological polar surface area (TPSA) is 69.0 Å². The van der Waals surface area contributed by atoms with Gasteiger partial charge >= 0.3 is 12.2 Å². The quantitative estimate of drug-likeness (QED) is 0.814. The summed E-state index contributed by atoms with van der Waals surface area (Å²) in [7, 11) is 0. The predicted molar refractivity (Wildman–Crippen MR) is 85.4 cm³/mol. The van der Waals surface area contributed by atoms with Gasteiger partial charge < -0.3 is 10.1 Å². The number of ether oxygens (including phenoxy) is 1. The van der Waals surface area contributed by atoms with Gasteiger partial charge in [0.25, 0.3) is 5.88 Å². The Morgan fingerprint density at radius 1 is 1.36 bits per heavy atom. The summed E-state index contributed by atoms with van der Waals surface area (Å²) in [5.41, 5.74) is -0.718. The number of amides is 1. The van der Waals surface area contributed by atoms with Crippen LogP contribution in [0.5, 0.6) is 11.8 Å². The number of carbonyl (C=O) groups excluding carboxylic acids is 1. The summed E-state index contributed by atoms with van der Waals surface area (Å²) in [5, 5.41) is 6.16. The van der Waals surface area contributed by atoms with Crippen LogP contribution in [0, 0.1) is 6.92 Å². The van der Waals surface area contributed by atoms with Crippen molar-refractivity contribution in [1.82, 2.24) is 20.1 Å². The Labute approximate surface area is 150 Å². The molecule has 2 heterocycles. The molecule has 0 saturated carbocycles. The molecule has 6 nitrogen and oxygen atoms in total. The van der Waals surface area contributed by atoms with Gasteiger partial charge in [-0.25, -0.2) is 9.78 Å². The molecule has 0 unspecified atom stereocenters. The number of rotatable bonds is 4. The highest BCUT2D eigenvalue weighted by atomic mass is 35.5. The van der Waals surface area contributed by atoms with E-state index >= 15 is 0 Å². The van der Waals surface area contributed by atoms with Gasteiger partial charge in [0.2, 0.25) is 5.88 Å². The number of nitrogens with one attached hydrogen (secondary N) is 1. The Morgan fingerprint density at radius 2 is 2.04 bits per heavy atom. The molecule has 2 rings (SSSR count). The molecule has 0 radical (unpaired) electrons. The van der Waals surface area contributed by atoms with Gasteiger partial charge in [0.05, 0.1) is 11.3 Å². The van der Waals surface area contributed by atoms with Crippen molar-refractivity contribution in [2.24, 2.45) is 0 Å². The fourth-order valence-electron chi connectivity index (χ4n) is 1.77. The van der Waals surface area contributed by atoms with E-state index in [0.717, 1.165) is 11.1 Å². The molecule has 2 aromatic heterocycles. The predicted octanol–water partition coefficient (Wildman–Crippen LogP) is 4.67. The smallest absolute Gasteiger partial charge is 0.416 e. The lowest BCUT2D eigenvalue weighted by molar-refractivity contribution is -0.137. The van der Waals surface area contributed by atoms with Crippen LogP contribution in [-0.4, -0.2) is 27.3 Å². The number of hydrogen-bond donors (Lipinski definition) is 1. The molecule has 1 N–H and O–H groups in total. The molecule has 0 aliphatic carbocycles. The zero-order chi connectivity index (χ0) is 18.8. The lowest BCUT2D eigenvalue weighted by Crippen LogP contribution is -2.30. The third-order valence-electron chi connectivity index (χ3n) is 3.06. The number of alkyl halides is 3. The van der Waals surface area contributed by atoms with Crippen LogP contribution < -0.4 is 10.1 Å². The van der Waals surface area contributed by atoms with E-state index in [9.17, 15) is 18.0 Å². The van der Waals surface area contributed by atoms with Gasteiger partial charge in [0, 0.05) is 12.7 Å². The summed E-state index contributed by atoms with van der Waals surface area (Å²) in [6.45, 7) is 3.86. The molecule has 0 fully saturated rings. The minimum atomic E-state index is -4.58. The number of hydrogen-bond acceptors (Lipinski definition) is 4. The summed E-state index contributed by atoms with van der Waals surface area (Å²) in [6.07, 6.45) is -3.27. The SMILES string of the molecule is CCCNC(=O)n1nc(Oc2ncc(C(F)(F)F)cc2Cl)c(Cl)c1C. The second-order valence-corrected chi connectivity index (χ2v) is 5.74. The van der Waals surface area contributed by atoms with E-state index in [1.54, 1.807) is 0 Å². The van der Waals surface area contributed by atoms with Crippen molar-refractivity contribution in [2.75, 3.05) is 6.54 Å². The molecule has 0 aromatic carbocycles. The highest BCUT2D eigenvalue weighted by molar-refractivity contribution is 6.33. The average molecular weight is 397 g/mol. The molecule has 0 saturated heterocycles. The van der Waals surface area contributed by atoms with Crippen LogP contribution in [0.4, 0.5) is 18.0 Å². The van der Waals surface area contributed by atoms with Crippen molar-refractivity contribution >= 4 is 29.2 Å². The van der Waals surface area contributed by atoms with Crippen molar-refractivity contribution in [3.63, 3.8) is 0 Å². The first-order valence-electron chi connectivity index (χ1n) is 7.09. The van der Waals surface area contributed by atoms with E-state index in [4.69, 9.17) is 27.9 Å². The molecule has 25 heavy (non-hydrogen) atoms. The van der Waals surface area contributed by atoms with Crippen LogP contribution in [0.25, 0.3) is 0 Å². The second-order valence-electron chi connectivity index (χ2n) is 4.96.